The molecule has 0 saturated carbocycles. The summed E-state index contributed by atoms with van der Waals surface area (Å²) in [4.78, 5) is 36.1. The zero-order valence-corrected chi connectivity index (χ0v) is 13.8. The molecule has 0 aliphatic rings. The molecule has 0 fully saturated rings. The Morgan fingerprint density at radius 1 is 1.24 bits per heavy atom. The van der Waals surface area contributed by atoms with Gasteiger partial charge in [0.25, 0.3) is 0 Å². The number of amides is 3. The van der Waals surface area contributed by atoms with Gasteiger partial charge >= 0.3 is 12.0 Å². The molecule has 0 bridgehead atoms. The van der Waals surface area contributed by atoms with Crippen LogP contribution in [0.2, 0.25) is 0 Å². The molecule has 0 heterocycles. The van der Waals surface area contributed by atoms with Gasteiger partial charge in [-0.15, -0.1) is 0 Å². The fourth-order valence-corrected chi connectivity index (χ4v) is 2.07. The maximum absolute atomic E-state index is 12.0. The average Bonchev–Trinajstić information content (AvgIpc) is 2.39. The van der Waals surface area contributed by atoms with E-state index in [4.69, 9.17) is 5.11 Å². The van der Waals surface area contributed by atoms with Crippen LogP contribution in [0.5, 0.6) is 0 Å². The number of carboxylic acid groups (broad SMARTS) is 1. The molecule has 1 atom stereocenters. The Labute approximate surface area is 129 Å². The van der Waals surface area contributed by atoms with E-state index < -0.39 is 18.0 Å². The first-order valence-electron chi connectivity index (χ1n) is 6.88. The minimum Gasteiger partial charge on any atom is -0.480 e. The molecule has 0 saturated heterocycles. The van der Waals surface area contributed by atoms with Gasteiger partial charge in [0.1, 0.15) is 12.6 Å². The standard InChI is InChI=1S/C13H25N3O4S/c1-5-16(8-11(17)14-9(2)3)13(20)15-10(12(18)19)6-7-21-4/h9-10H,5-8H2,1-4H3,(H,14,17)(H,15,20)(H,18,19). The first kappa shape index (κ1) is 19.6. The fraction of sp³-hybridized carbons (Fsp3) is 0.769. The summed E-state index contributed by atoms with van der Waals surface area (Å²) in [5, 5.41) is 14.2. The number of carbonyl (C=O) groups is 3. The van der Waals surface area contributed by atoms with Gasteiger partial charge in [0, 0.05) is 12.6 Å². The van der Waals surface area contributed by atoms with E-state index in [9.17, 15) is 14.4 Å². The van der Waals surface area contributed by atoms with Gasteiger partial charge in [-0.25, -0.2) is 9.59 Å². The van der Waals surface area contributed by atoms with Crippen LogP contribution >= 0.6 is 11.8 Å². The van der Waals surface area contributed by atoms with E-state index in [2.05, 4.69) is 10.6 Å². The van der Waals surface area contributed by atoms with E-state index in [1.54, 1.807) is 6.92 Å². The van der Waals surface area contributed by atoms with Crippen LogP contribution in [0.1, 0.15) is 27.2 Å². The van der Waals surface area contributed by atoms with Crippen LogP contribution < -0.4 is 10.6 Å². The van der Waals surface area contributed by atoms with Crippen molar-refractivity contribution in [1.29, 1.82) is 0 Å². The third kappa shape index (κ3) is 8.44. The molecule has 0 aliphatic heterocycles. The molecule has 122 valence electrons. The minimum atomic E-state index is -1.07. The summed E-state index contributed by atoms with van der Waals surface area (Å²) in [6, 6.07) is -1.48. The lowest BCUT2D eigenvalue weighted by Gasteiger charge is -2.24. The second-order valence-corrected chi connectivity index (χ2v) is 5.84. The second-order valence-electron chi connectivity index (χ2n) is 4.86. The monoisotopic (exact) mass is 319 g/mol. The van der Waals surface area contributed by atoms with Crippen LogP contribution in [0.4, 0.5) is 4.79 Å². The normalized spacial score (nSPS) is 11.9. The van der Waals surface area contributed by atoms with E-state index in [0.29, 0.717) is 18.7 Å². The van der Waals surface area contributed by atoms with Gasteiger partial charge in [-0.2, -0.15) is 11.8 Å². The molecule has 21 heavy (non-hydrogen) atoms. The Bertz CT molecular complexity index is 363. The smallest absolute Gasteiger partial charge is 0.326 e. The number of likely N-dealkylation sites (N-methyl/N-ethyl adjacent to an activating group) is 1. The third-order valence-electron chi connectivity index (χ3n) is 2.66. The predicted molar refractivity (Wildman–Crippen MR) is 83.5 cm³/mol. The minimum absolute atomic E-state index is 0.00684. The van der Waals surface area contributed by atoms with Crippen molar-refractivity contribution < 1.29 is 19.5 Å². The summed E-state index contributed by atoms with van der Waals surface area (Å²) in [5.41, 5.74) is 0. The Hall–Kier alpha value is -1.44. The maximum Gasteiger partial charge on any atom is 0.326 e. The summed E-state index contributed by atoms with van der Waals surface area (Å²) >= 11 is 1.51. The SMILES string of the molecule is CCN(CC(=O)NC(C)C)C(=O)NC(CCSC)C(=O)O. The molecule has 0 spiro atoms. The summed E-state index contributed by atoms with van der Waals surface area (Å²) < 4.78 is 0. The predicted octanol–water partition coefficient (Wildman–Crippen LogP) is 0.749. The highest BCUT2D eigenvalue weighted by molar-refractivity contribution is 7.98. The highest BCUT2D eigenvalue weighted by Gasteiger charge is 2.23. The van der Waals surface area contributed by atoms with Crippen molar-refractivity contribution in [3.8, 4) is 0 Å². The van der Waals surface area contributed by atoms with Crippen molar-refractivity contribution in [1.82, 2.24) is 15.5 Å². The molecular weight excluding hydrogens is 294 g/mol. The molecule has 0 aromatic rings. The fourth-order valence-electron chi connectivity index (χ4n) is 1.60. The molecular formula is C13H25N3O4S. The molecule has 1 unspecified atom stereocenters. The van der Waals surface area contributed by atoms with Crippen molar-refractivity contribution >= 4 is 29.7 Å². The number of carboxylic acids is 1. The van der Waals surface area contributed by atoms with Crippen molar-refractivity contribution in [2.45, 2.75) is 39.3 Å². The average molecular weight is 319 g/mol. The number of thioether (sulfide) groups is 1. The molecule has 0 radical (unpaired) electrons. The van der Waals surface area contributed by atoms with Crippen LogP contribution in [0.25, 0.3) is 0 Å². The highest BCUT2D eigenvalue weighted by Crippen LogP contribution is 2.02. The quantitative estimate of drug-likeness (QED) is 0.582. The second kappa shape index (κ2) is 10.3. The van der Waals surface area contributed by atoms with Crippen LogP contribution in [0.15, 0.2) is 0 Å². The molecule has 0 aliphatic carbocycles. The van der Waals surface area contributed by atoms with Crippen molar-refractivity contribution in [3.05, 3.63) is 0 Å². The zero-order valence-electron chi connectivity index (χ0n) is 13.0. The lowest BCUT2D eigenvalue weighted by atomic mass is 10.2. The molecule has 0 rings (SSSR count). The Morgan fingerprint density at radius 3 is 2.29 bits per heavy atom. The van der Waals surface area contributed by atoms with Crippen LogP contribution in [0.3, 0.4) is 0 Å². The number of carbonyl (C=O) groups excluding carboxylic acids is 2. The van der Waals surface area contributed by atoms with Crippen molar-refractivity contribution in [2.75, 3.05) is 25.1 Å². The van der Waals surface area contributed by atoms with E-state index in [-0.39, 0.29) is 18.5 Å². The van der Waals surface area contributed by atoms with Crippen LogP contribution in [-0.4, -0.2) is 65.1 Å². The van der Waals surface area contributed by atoms with Gasteiger partial charge in [-0.05, 0) is 39.2 Å². The van der Waals surface area contributed by atoms with Gasteiger partial charge < -0.3 is 20.6 Å². The van der Waals surface area contributed by atoms with E-state index in [1.807, 2.05) is 20.1 Å². The first-order valence-corrected chi connectivity index (χ1v) is 8.27. The molecule has 0 aromatic carbocycles. The Balaban J connectivity index is 4.54. The van der Waals surface area contributed by atoms with Gasteiger partial charge in [0.2, 0.25) is 5.91 Å². The Kier molecular flexibility index (Phi) is 9.60. The number of hydrogen-bond acceptors (Lipinski definition) is 4. The molecule has 7 nitrogen and oxygen atoms in total. The summed E-state index contributed by atoms with van der Waals surface area (Å²) in [6.45, 7) is 5.63. The van der Waals surface area contributed by atoms with Crippen molar-refractivity contribution in [3.63, 3.8) is 0 Å². The van der Waals surface area contributed by atoms with Gasteiger partial charge in [0.05, 0.1) is 0 Å². The number of rotatable bonds is 9. The summed E-state index contributed by atoms with van der Waals surface area (Å²) in [5.74, 6) is -0.699. The van der Waals surface area contributed by atoms with Gasteiger partial charge in [-0.1, -0.05) is 0 Å². The summed E-state index contributed by atoms with van der Waals surface area (Å²) in [7, 11) is 0. The lowest BCUT2D eigenvalue weighted by molar-refractivity contribution is -0.139. The largest absolute Gasteiger partial charge is 0.480 e. The van der Waals surface area contributed by atoms with Crippen LogP contribution in [0, 0.1) is 0 Å². The Morgan fingerprint density at radius 2 is 1.86 bits per heavy atom. The third-order valence-corrected chi connectivity index (χ3v) is 3.30. The maximum atomic E-state index is 12.0. The van der Waals surface area contributed by atoms with Gasteiger partial charge in [-0.3, -0.25) is 4.79 Å². The summed E-state index contributed by atoms with van der Waals surface area (Å²) in [6.07, 6.45) is 2.22. The van der Waals surface area contributed by atoms with E-state index in [0.717, 1.165) is 0 Å². The number of hydrogen-bond donors (Lipinski definition) is 3. The topological polar surface area (TPSA) is 98.7 Å². The van der Waals surface area contributed by atoms with E-state index >= 15 is 0 Å². The van der Waals surface area contributed by atoms with Crippen LogP contribution in [-0.2, 0) is 9.59 Å². The molecule has 3 N–H and O–H groups in total. The molecule has 3 amide bonds. The van der Waals surface area contributed by atoms with Crippen molar-refractivity contribution in [2.24, 2.45) is 0 Å². The van der Waals surface area contributed by atoms with Gasteiger partial charge in [0.15, 0.2) is 0 Å². The lowest BCUT2D eigenvalue weighted by Crippen LogP contribution is -2.51. The number of aliphatic carboxylic acids is 1. The first-order chi connectivity index (χ1) is 9.81. The zero-order chi connectivity index (χ0) is 16.4. The number of urea groups is 1. The molecule has 0 aromatic heterocycles. The molecule has 8 heteroatoms. The van der Waals surface area contributed by atoms with E-state index in [1.165, 1.54) is 16.7 Å². The number of nitrogens with one attached hydrogen (secondary N) is 2. The highest BCUT2D eigenvalue weighted by atomic mass is 32.2. The number of nitrogens with zero attached hydrogens (tertiary/aromatic N) is 1.